The van der Waals surface area contributed by atoms with Gasteiger partial charge in [-0.2, -0.15) is 0 Å². The second kappa shape index (κ2) is 57.9. The molecule has 0 fully saturated rings. The van der Waals surface area contributed by atoms with Crippen LogP contribution in [0.1, 0.15) is 335 Å². The van der Waals surface area contributed by atoms with Gasteiger partial charge in [0.05, 0.1) is 25.4 Å². The lowest BCUT2D eigenvalue weighted by atomic mass is 10.0. The van der Waals surface area contributed by atoms with E-state index in [-0.39, 0.29) is 18.5 Å². The van der Waals surface area contributed by atoms with Crippen LogP contribution in [0.2, 0.25) is 0 Å². The lowest BCUT2D eigenvalue weighted by molar-refractivity contribution is -0.143. The number of allylic oxidation sites excluding steroid dienone is 4. The second-order valence-electron chi connectivity index (χ2n) is 21.0. The summed E-state index contributed by atoms with van der Waals surface area (Å²) in [7, 11) is 0. The fraction of sp³-hybridized carbons (Fsp3) is 0.903. The minimum absolute atomic E-state index is 0.0102. The Balaban J connectivity index is 3.46. The molecule has 6 heteroatoms. The molecule has 0 aromatic heterocycles. The average molecular weight is 959 g/mol. The van der Waals surface area contributed by atoms with Crippen LogP contribution in [0, 0.1) is 0 Å². The van der Waals surface area contributed by atoms with Crippen molar-refractivity contribution in [1.82, 2.24) is 5.32 Å². The molecule has 68 heavy (non-hydrogen) atoms. The molecule has 2 unspecified atom stereocenters. The number of nitrogens with one attached hydrogen (secondary N) is 1. The quantitative estimate of drug-likeness (QED) is 0.0321. The minimum Gasteiger partial charge on any atom is -0.466 e. The van der Waals surface area contributed by atoms with E-state index < -0.39 is 12.1 Å². The molecule has 0 saturated heterocycles. The minimum atomic E-state index is -0.674. The maximum absolute atomic E-state index is 12.5. The van der Waals surface area contributed by atoms with E-state index in [0.717, 1.165) is 83.5 Å². The van der Waals surface area contributed by atoms with Gasteiger partial charge in [0.2, 0.25) is 5.91 Å². The Bertz CT molecular complexity index is 1060. The molecular weight excluding hydrogens is 839 g/mol. The molecule has 0 aromatic rings. The van der Waals surface area contributed by atoms with Crippen molar-refractivity contribution in [1.29, 1.82) is 0 Å². The third kappa shape index (κ3) is 53.7. The van der Waals surface area contributed by atoms with Gasteiger partial charge in [0, 0.05) is 12.8 Å². The third-order valence-corrected chi connectivity index (χ3v) is 14.3. The van der Waals surface area contributed by atoms with E-state index in [1.54, 1.807) is 0 Å². The molecule has 0 spiro atoms. The summed E-state index contributed by atoms with van der Waals surface area (Å²) in [5, 5.41) is 23.3. The highest BCUT2D eigenvalue weighted by Gasteiger charge is 2.20. The molecule has 0 saturated carbocycles. The van der Waals surface area contributed by atoms with Crippen LogP contribution in [0.3, 0.4) is 0 Å². The summed E-state index contributed by atoms with van der Waals surface area (Å²) >= 11 is 0. The third-order valence-electron chi connectivity index (χ3n) is 14.3. The number of unbranched alkanes of at least 4 members (excludes halogenated alkanes) is 42. The van der Waals surface area contributed by atoms with Crippen LogP contribution < -0.4 is 5.32 Å². The number of hydrogen-bond donors (Lipinski definition) is 3. The summed E-state index contributed by atoms with van der Waals surface area (Å²) in [4.78, 5) is 24.6. The fourth-order valence-corrected chi connectivity index (χ4v) is 9.55. The van der Waals surface area contributed by atoms with Crippen LogP contribution >= 0.6 is 0 Å². The Morgan fingerprint density at radius 2 is 0.735 bits per heavy atom. The monoisotopic (exact) mass is 958 g/mol. The van der Waals surface area contributed by atoms with E-state index in [1.807, 2.05) is 0 Å². The Labute approximate surface area is 424 Å². The molecule has 0 aliphatic carbocycles. The normalized spacial score (nSPS) is 12.7. The second-order valence-corrected chi connectivity index (χ2v) is 21.0. The maximum Gasteiger partial charge on any atom is 0.305 e. The summed E-state index contributed by atoms with van der Waals surface area (Å²) in [5.41, 5.74) is 0. The summed E-state index contributed by atoms with van der Waals surface area (Å²) in [5.74, 6) is -0.0596. The molecule has 0 rings (SSSR count). The molecule has 3 N–H and O–H groups in total. The highest BCUT2D eigenvalue weighted by Crippen LogP contribution is 2.18. The van der Waals surface area contributed by atoms with Crippen LogP contribution in [0.25, 0.3) is 0 Å². The first-order valence-electron chi connectivity index (χ1n) is 30.6. The number of carbonyl (C=O) groups is 2. The van der Waals surface area contributed by atoms with Gasteiger partial charge in [-0.05, 0) is 64.2 Å². The standard InChI is InChI=1S/C62H119NO5/c1-3-5-7-9-11-13-15-17-19-20-21-24-28-32-36-40-44-48-52-56-62(67)68-57-53-49-45-41-37-33-29-25-22-23-27-31-35-39-43-47-51-55-61(66)63-59(58-64)60(65)54-50-46-42-38-34-30-26-18-16-14-12-10-8-6-4-2/h22,25,33,37,59-60,64-65H,3-21,23-24,26-32,34-36,38-58H2,1-2H3,(H,63,66)/b25-22-,37-33-. The van der Waals surface area contributed by atoms with Crippen molar-refractivity contribution in [2.75, 3.05) is 13.2 Å². The van der Waals surface area contributed by atoms with Crippen LogP contribution in [0.15, 0.2) is 24.3 Å². The van der Waals surface area contributed by atoms with Crippen molar-refractivity contribution in [3.63, 3.8) is 0 Å². The number of ether oxygens (including phenoxy) is 1. The predicted octanol–water partition coefficient (Wildman–Crippen LogP) is 19.0. The van der Waals surface area contributed by atoms with Crippen molar-refractivity contribution in [2.45, 2.75) is 347 Å². The van der Waals surface area contributed by atoms with E-state index in [2.05, 4.69) is 43.5 Å². The van der Waals surface area contributed by atoms with Gasteiger partial charge in [0.25, 0.3) is 0 Å². The molecule has 0 bridgehead atoms. The molecule has 0 aromatic carbocycles. The number of esters is 1. The average Bonchev–Trinajstić information content (AvgIpc) is 3.34. The Morgan fingerprint density at radius 1 is 0.412 bits per heavy atom. The molecule has 402 valence electrons. The predicted molar refractivity (Wildman–Crippen MR) is 296 cm³/mol. The van der Waals surface area contributed by atoms with Crippen molar-refractivity contribution in [3.8, 4) is 0 Å². The van der Waals surface area contributed by atoms with Crippen molar-refractivity contribution >= 4 is 11.9 Å². The van der Waals surface area contributed by atoms with Crippen LogP contribution in [-0.2, 0) is 14.3 Å². The zero-order valence-corrected chi connectivity index (χ0v) is 45.9. The van der Waals surface area contributed by atoms with Gasteiger partial charge in [-0.25, -0.2) is 0 Å². The topological polar surface area (TPSA) is 95.9 Å². The van der Waals surface area contributed by atoms with E-state index >= 15 is 0 Å². The molecule has 0 aliphatic rings. The number of hydrogen-bond acceptors (Lipinski definition) is 5. The van der Waals surface area contributed by atoms with Crippen LogP contribution in [0.5, 0.6) is 0 Å². The SMILES string of the molecule is CCCCCCCCCCCCCCCCCCCCCC(=O)OCCCCC/C=C\C/C=C\CCCCCCCCCC(=O)NC(CO)C(O)CCCCCCCCCCCCCCCCC. The maximum atomic E-state index is 12.5. The smallest absolute Gasteiger partial charge is 0.305 e. The molecule has 6 nitrogen and oxygen atoms in total. The highest BCUT2D eigenvalue weighted by molar-refractivity contribution is 5.76. The Kier molecular flexibility index (Phi) is 56.5. The van der Waals surface area contributed by atoms with Gasteiger partial charge in [-0.1, -0.05) is 282 Å². The van der Waals surface area contributed by atoms with Crippen molar-refractivity contribution in [2.24, 2.45) is 0 Å². The van der Waals surface area contributed by atoms with E-state index in [4.69, 9.17) is 4.74 Å². The molecule has 2 atom stereocenters. The fourth-order valence-electron chi connectivity index (χ4n) is 9.55. The Morgan fingerprint density at radius 3 is 1.12 bits per heavy atom. The number of amides is 1. The van der Waals surface area contributed by atoms with Crippen molar-refractivity contribution < 1.29 is 24.5 Å². The van der Waals surface area contributed by atoms with Crippen molar-refractivity contribution in [3.05, 3.63) is 24.3 Å². The lowest BCUT2D eigenvalue weighted by Gasteiger charge is -2.22. The Hall–Kier alpha value is -1.66. The molecule has 0 aliphatic heterocycles. The molecule has 0 heterocycles. The van der Waals surface area contributed by atoms with E-state index in [1.165, 1.54) is 218 Å². The number of rotatable bonds is 57. The zero-order chi connectivity index (χ0) is 49.3. The zero-order valence-electron chi connectivity index (χ0n) is 45.9. The van der Waals surface area contributed by atoms with Gasteiger partial charge in [0.15, 0.2) is 0 Å². The molecule has 0 radical (unpaired) electrons. The lowest BCUT2D eigenvalue weighted by Crippen LogP contribution is -2.45. The molecule has 1 amide bonds. The van der Waals surface area contributed by atoms with Gasteiger partial charge in [-0.15, -0.1) is 0 Å². The number of aliphatic hydroxyl groups excluding tert-OH is 2. The van der Waals surface area contributed by atoms with Crippen LogP contribution in [0.4, 0.5) is 0 Å². The largest absolute Gasteiger partial charge is 0.466 e. The van der Waals surface area contributed by atoms with Gasteiger partial charge in [-0.3, -0.25) is 9.59 Å². The van der Waals surface area contributed by atoms with Gasteiger partial charge >= 0.3 is 5.97 Å². The number of carbonyl (C=O) groups excluding carboxylic acids is 2. The van der Waals surface area contributed by atoms with E-state index in [0.29, 0.717) is 25.9 Å². The summed E-state index contributed by atoms with van der Waals surface area (Å²) < 4.78 is 5.47. The summed E-state index contributed by atoms with van der Waals surface area (Å²) in [6.45, 7) is 4.93. The highest BCUT2D eigenvalue weighted by atomic mass is 16.5. The van der Waals surface area contributed by atoms with Gasteiger partial charge < -0.3 is 20.3 Å². The number of aliphatic hydroxyl groups is 2. The first kappa shape index (κ1) is 66.3. The summed E-state index contributed by atoms with van der Waals surface area (Å²) in [6.07, 6.45) is 70.4. The van der Waals surface area contributed by atoms with Gasteiger partial charge in [0.1, 0.15) is 0 Å². The first-order chi connectivity index (χ1) is 33.5. The van der Waals surface area contributed by atoms with Crippen LogP contribution in [-0.4, -0.2) is 47.4 Å². The first-order valence-corrected chi connectivity index (χ1v) is 30.6. The molecular formula is C62H119NO5. The van der Waals surface area contributed by atoms with E-state index in [9.17, 15) is 19.8 Å². The summed E-state index contributed by atoms with van der Waals surface area (Å²) in [6, 6.07) is -0.553.